The Labute approximate surface area is 149 Å². The van der Waals surface area contributed by atoms with Gasteiger partial charge in [-0.05, 0) is 36.6 Å². The molecule has 0 saturated carbocycles. The molecule has 0 heterocycles. The second-order valence-electron chi connectivity index (χ2n) is 4.09. The molecule has 0 aromatic heterocycles. The third kappa shape index (κ3) is 10.9. The van der Waals surface area contributed by atoms with Gasteiger partial charge in [0.05, 0.1) is 0 Å². The summed E-state index contributed by atoms with van der Waals surface area (Å²) in [4.78, 5) is 0. The molecular formula is C15H26F6NSb. The van der Waals surface area contributed by atoms with E-state index in [0.717, 1.165) is 6.54 Å². The van der Waals surface area contributed by atoms with E-state index in [-0.39, 0.29) is 52.7 Å². The van der Waals surface area contributed by atoms with Gasteiger partial charge in [0.2, 0.25) is 0 Å². The number of hydrogen-bond donors (Lipinski definition) is 1. The molecule has 2 aromatic carbocycles. The van der Waals surface area contributed by atoms with Gasteiger partial charge in [0, 0.05) is 12.2 Å². The molecule has 0 aliphatic rings. The molecule has 138 valence electrons. The van der Waals surface area contributed by atoms with Crippen molar-refractivity contribution < 1.29 is 28.2 Å². The molecule has 0 aliphatic carbocycles. The summed E-state index contributed by atoms with van der Waals surface area (Å²) in [6.07, 6.45) is 0. The normalized spacial score (nSPS) is 7.04. The Kier molecular flexibility index (Phi) is 30.6. The van der Waals surface area contributed by atoms with Crippen molar-refractivity contribution in [1.82, 2.24) is 0 Å². The summed E-state index contributed by atoms with van der Waals surface area (Å²) in [5.41, 5.74) is 5.20. The maximum absolute atomic E-state index is 3.47. The fraction of sp³-hybridized carbons (Fsp3) is 0.200. The first-order chi connectivity index (χ1) is 7.77. The van der Waals surface area contributed by atoms with Crippen molar-refractivity contribution in [2.75, 3.05) is 5.32 Å². The van der Waals surface area contributed by atoms with Gasteiger partial charge in [-0.15, -0.1) is 0 Å². The van der Waals surface area contributed by atoms with Crippen LogP contribution in [0.3, 0.4) is 0 Å². The SMILES string of the molecule is Cc1cccc(NCc2ccccc2)c1C.F.F.F.F.F.F.[SbH3]. The summed E-state index contributed by atoms with van der Waals surface area (Å²) in [7, 11) is 0. The van der Waals surface area contributed by atoms with Crippen molar-refractivity contribution >= 4 is 30.1 Å². The van der Waals surface area contributed by atoms with Crippen molar-refractivity contribution in [1.29, 1.82) is 0 Å². The van der Waals surface area contributed by atoms with Crippen LogP contribution >= 0.6 is 0 Å². The van der Waals surface area contributed by atoms with Crippen LogP contribution in [0.5, 0.6) is 0 Å². The summed E-state index contributed by atoms with van der Waals surface area (Å²) < 4.78 is 0. The van der Waals surface area contributed by atoms with Crippen LogP contribution in [-0.2, 0) is 6.54 Å². The quantitative estimate of drug-likeness (QED) is 0.550. The van der Waals surface area contributed by atoms with Crippen molar-refractivity contribution in [3.63, 3.8) is 0 Å². The number of benzene rings is 2. The second-order valence-corrected chi connectivity index (χ2v) is 4.09. The number of nitrogens with one attached hydrogen (secondary N) is 1. The number of anilines is 1. The summed E-state index contributed by atoms with van der Waals surface area (Å²) in [5, 5.41) is 3.47. The van der Waals surface area contributed by atoms with Crippen LogP contribution in [0.1, 0.15) is 16.7 Å². The molecule has 0 unspecified atom stereocenters. The van der Waals surface area contributed by atoms with Crippen LogP contribution in [0.15, 0.2) is 48.5 Å². The average molecular weight is 456 g/mol. The zero-order valence-electron chi connectivity index (χ0n) is 13.0. The van der Waals surface area contributed by atoms with Gasteiger partial charge in [0.1, 0.15) is 0 Å². The molecule has 0 radical (unpaired) electrons. The molecule has 1 N–H and O–H groups in total. The van der Waals surface area contributed by atoms with E-state index in [1.54, 1.807) is 0 Å². The Balaban J connectivity index is -0.000000103. The minimum atomic E-state index is 0. The third-order valence-corrected chi connectivity index (χ3v) is 2.93. The van der Waals surface area contributed by atoms with E-state index >= 15 is 0 Å². The van der Waals surface area contributed by atoms with E-state index in [4.69, 9.17) is 0 Å². The number of rotatable bonds is 3. The van der Waals surface area contributed by atoms with E-state index in [9.17, 15) is 0 Å². The van der Waals surface area contributed by atoms with Gasteiger partial charge < -0.3 is 5.32 Å². The number of hydrogen-bond acceptors (Lipinski definition) is 1. The molecule has 0 amide bonds. The number of aryl methyl sites for hydroxylation is 1. The van der Waals surface area contributed by atoms with Gasteiger partial charge in [0.25, 0.3) is 0 Å². The van der Waals surface area contributed by atoms with Crippen LogP contribution in [0.4, 0.5) is 33.9 Å². The molecular weight excluding hydrogens is 430 g/mol. The molecule has 0 atom stereocenters. The van der Waals surface area contributed by atoms with Crippen LogP contribution in [0.25, 0.3) is 0 Å². The predicted molar refractivity (Wildman–Crippen MR) is 94.6 cm³/mol. The number of halogens is 6. The third-order valence-electron chi connectivity index (χ3n) is 2.93. The predicted octanol–water partition coefficient (Wildman–Crippen LogP) is 3.65. The van der Waals surface area contributed by atoms with Crippen molar-refractivity contribution in [2.24, 2.45) is 0 Å². The topological polar surface area (TPSA) is 12.0 Å². The molecule has 0 saturated heterocycles. The standard InChI is InChI=1S/C15H17N.6FH.Sb.3H/c1-12-7-6-10-15(13(12)2)16-11-14-8-4-3-5-9-14;;;;;;;;;;/h3-10,16H,11H2,1-2H3;6*1H;;;;. The summed E-state index contributed by atoms with van der Waals surface area (Å²) in [6, 6.07) is 16.8. The summed E-state index contributed by atoms with van der Waals surface area (Å²) in [6.45, 7) is 5.18. The van der Waals surface area contributed by atoms with E-state index in [0.29, 0.717) is 0 Å². The fourth-order valence-corrected chi connectivity index (χ4v) is 1.74. The van der Waals surface area contributed by atoms with Crippen LogP contribution in [0, 0.1) is 13.8 Å². The van der Waals surface area contributed by atoms with Crippen molar-refractivity contribution in [3.8, 4) is 0 Å². The molecule has 8 heteroatoms. The van der Waals surface area contributed by atoms with E-state index in [1.165, 1.54) is 22.4 Å². The molecule has 0 fully saturated rings. The summed E-state index contributed by atoms with van der Waals surface area (Å²) in [5.74, 6) is 0. The van der Waals surface area contributed by atoms with Crippen molar-refractivity contribution in [2.45, 2.75) is 20.4 Å². The zero-order valence-corrected chi connectivity index (χ0v) is 17.0. The molecule has 1 nitrogen and oxygen atoms in total. The molecule has 0 bridgehead atoms. The zero-order chi connectivity index (χ0) is 11.4. The van der Waals surface area contributed by atoms with Crippen LogP contribution < -0.4 is 5.32 Å². The Morgan fingerprint density at radius 3 is 1.74 bits per heavy atom. The van der Waals surface area contributed by atoms with E-state index in [1.807, 2.05) is 6.07 Å². The minimum absolute atomic E-state index is 0. The van der Waals surface area contributed by atoms with Gasteiger partial charge in [0.15, 0.2) is 0 Å². The average Bonchev–Trinajstić information content (AvgIpc) is 2.32. The van der Waals surface area contributed by atoms with E-state index in [2.05, 4.69) is 61.6 Å². The Morgan fingerprint density at radius 1 is 0.696 bits per heavy atom. The second kappa shape index (κ2) is 18.7. The van der Waals surface area contributed by atoms with Gasteiger partial charge in [-0.1, -0.05) is 42.5 Å². The first-order valence-electron chi connectivity index (χ1n) is 5.61. The first-order valence-corrected chi connectivity index (χ1v) is 5.61. The van der Waals surface area contributed by atoms with Gasteiger partial charge >= 0.3 is 24.4 Å². The first kappa shape index (κ1) is 37.7. The fourth-order valence-electron chi connectivity index (χ4n) is 1.74. The van der Waals surface area contributed by atoms with Crippen LogP contribution in [0.2, 0.25) is 0 Å². The van der Waals surface area contributed by atoms with E-state index < -0.39 is 0 Å². The monoisotopic (exact) mass is 455 g/mol. The Bertz CT molecular complexity index is 485. The molecule has 23 heavy (non-hydrogen) atoms. The molecule has 0 spiro atoms. The maximum atomic E-state index is 3.47. The Hall–Kier alpha value is -1.36. The van der Waals surface area contributed by atoms with Crippen molar-refractivity contribution in [3.05, 3.63) is 65.2 Å². The molecule has 2 aromatic rings. The van der Waals surface area contributed by atoms with Gasteiger partial charge in [-0.25, -0.2) is 0 Å². The van der Waals surface area contributed by atoms with Gasteiger partial charge in [-0.2, -0.15) is 0 Å². The van der Waals surface area contributed by atoms with Crippen LogP contribution in [-0.4, -0.2) is 24.4 Å². The molecule has 2 rings (SSSR count). The van der Waals surface area contributed by atoms with Gasteiger partial charge in [-0.3, -0.25) is 28.2 Å². The molecule has 0 aliphatic heterocycles. The summed E-state index contributed by atoms with van der Waals surface area (Å²) >= 11 is 0. The Morgan fingerprint density at radius 2 is 1.22 bits per heavy atom.